The van der Waals surface area contributed by atoms with Crippen LogP contribution in [-0.4, -0.2) is 0 Å². The topological polar surface area (TPSA) is 3.24 Å². The van der Waals surface area contributed by atoms with Gasteiger partial charge < -0.3 is 4.90 Å². The van der Waals surface area contributed by atoms with Crippen LogP contribution in [-0.2, 0) is 0 Å². The monoisotopic (exact) mass is 597 g/mol. The molecule has 0 aliphatic carbocycles. The van der Waals surface area contributed by atoms with Crippen LogP contribution in [0.5, 0.6) is 0 Å². The van der Waals surface area contributed by atoms with Gasteiger partial charge in [0.05, 0.1) is 0 Å². The van der Waals surface area contributed by atoms with Gasteiger partial charge in [0.25, 0.3) is 0 Å². The Balaban J connectivity index is 1.23. The van der Waals surface area contributed by atoms with Gasteiger partial charge in [0.15, 0.2) is 0 Å². The molecule has 1 heteroatoms. The van der Waals surface area contributed by atoms with Crippen LogP contribution >= 0.6 is 0 Å². The zero-order valence-corrected chi connectivity index (χ0v) is 25.8. The lowest BCUT2D eigenvalue weighted by atomic mass is 9.94. The Bertz CT molecular complexity index is 2530. The lowest BCUT2D eigenvalue weighted by Gasteiger charge is -2.27. The molecule has 0 saturated heterocycles. The molecule has 47 heavy (non-hydrogen) atoms. The number of rotatable bonds is 5. The molecule has 0 aromatic heterocycles. The smallest absolute Gasteiger partial charge is 0.0468 e. The number of nitrogens with zero attached hydrogens (tertiary/aromatic N) is 1. The molecule has 9 aromatic carbocycles. The maximum atomic E-state index is 2.40. The fourth-order valence-corrected chi connectivity index (χ4v) is 7.11. The largest absolute Gasteiger partial charge is 0.310 e. The molecule has 0 aliphatic heterocycles. The first-order valence-corrected chi connectivity index (χ1v) is 16.2. The van der Waals surface area contributed by atoms with E-state index in [-0.39, 0.29) is 0 Å². The van der Waals surface area contributed by atoms with Gasteiger partial charge >= 0.3 is 0 Å². The summed E-state index contributed by atoms with van der Waals surface area (Å²) < 4.78 is 0. The Labute approximate surface area is 274 Å². The molecule has 220 valence electrons. The Morgan fingerprint density at radius 2 is 0.702 bits per heavy atom. The van der Waals surface area contributed by atoms with Crippen molar-refractivity contribution in [3.8, 4) is 22.3 Å². The minimum atomic E-state index is 1.12. The molecule has 0 radical (unpaired) electrons. The van der Waals surface area contributed by atoms with Crippen molar-refractivity contribution in [3.63, 3.8) is 0 Å². The highest BCUT2D eigenvalue weighted by Crippen LogP contribution is 2.42. The van der Waals surface area contributed by atoms with E-state index in [1.165, 1.54) is 65.3 Å². The Morgan fingerprint density at radius 1 is 0.234 bits per heavy atom. The van der Waals surface area contributed by atoms with E-state index < -0.39 is 0 Å². The normalized spacial score (nSPS) is 11.4. The number of benzene rings is 9. The third-order valence-corrected chi connectivity index (χ3v) is 9.41. The second-order valence-electron chi connectivity index (χ2n) is 12.2. The standard InChI is InChI=1S/C46H31N/c1-2-11-32(12-3-1)34-21-23-35(24-22-34)37-15-10-16-38(29-37)47(39-26-25-33-13-4-5-14-36(33)30-39)40-27-28-45-43-19-7-6-17-41(43)42-18-8-9-20-44(42)46(45)31-40/h1-31H. The fraction of sp³-hybridized carbons (Fsp3) is 0. The molecule has 0 aliphatic rings. The summed E-state index contributed by atoms with van der Waals surface area (Å²) in [6, 6.07) is 68.3. The summed E-state index contributed by atoms with van der Waals surface area (Å²) in [6.07, 6.45) is 0. The van der Waals surface area contributed by atoms with Gasteiger partial charge in [0, 0.05) is 17.1 Å². The van der Waals surface area contributed by atoms with Crippen molar-refractivity contribution >= 4 is 60.2 Å². The van der Waals surface area contributed by atoms with Crippen LogP contribution in [0, 0.1) is 0 Å². The van der Waals surface area contributed by atoms with Crippen molar-refractivity contribution in [3.05, 3.63) is 188 Å². The second kappa shape index (κ2) is 11.3. The van der Waals surface area contributed by atoms with Gasteiger partial charge in [-0.2, -0.15) is 0 Å². The van der Waals surface area contributed by atoms with Crippen LogP contribution in [0.1, 0.15) is 0 Å². The summed E-state index contributed by atoms with van der Waals surface area (Å²) in [5, 5.41) is 10.1. The lowest BCUT2D eigenvalue weighted by Crippen LogP contribution is -2.10. The molecular weight excluding hydrogens is 567 g/mol. The van der Waals surface area contributed by atoms with Crippen LogP contribution in [0.2, 0.25) is 0 Å². The van der Waals surface area contributed by atoms with E-state index in [9.17, 15) is 0 Å². The number of anilines is 3. The first-order valence-electron chi connectivity index (χ1n) is 16.2. The molecule has 0 atom stereocenters. The highest BCUT2D eigenvalue weighted by Gasteiger charge is 2.17. The highest BCUT2D eigenvalue weighted by atomic mass is 15.1. The van der Waals surface area contributed by atoms with Gasteiger partial charge in [0.1, 0.15) is 0 Å². The molecule has 9 aromatic rings. The number of hydrogen-bond donors (Lipinski definition) is 0. The lowest BCUT2D eigenvalue weighted by molar-refractivity contribution is 1.29. The summed E-state index contributed by atoms with van der Waals surface area (Å²) in [7, 11) is 0. The summed E-state index contributed by atoms with van der Waals surface area (Å²) in [4.78, 5) is 2.40. The number of hydrogen-bond acceptors (Lipinski definition) is 1. The zero-order valence-electron chi connectivity index (χ0n) is 25.8. The predicted molar refractivity (Wildman–Crippen MR) is 202 cm³/mol. The average molecular weight is 598 g/mol. The van der Waals surface area contributed by atoms with E-state index in [1.54, 1.807) is 0 Å². The quantitative estimate of drug-likeness (QED) is 0.178. The third-order valence-electron chi connectivity index (χ3n) is 9.41. The summed E-state index contributed by atoms with van der Waals surface area (Å²) in [5.74, 6) is 0. The van der Waals surface area contributed by atoms with Crippen LogP contribution in [0.3, 0.4) is 0 Å². The van der Waals surface area contributed by atoms with Crippen LogP contribution in [0.25, 0.3) is 65.3 Å². The molecular formula is C46H31N. The predicted octanol–water partition coefficient (Wildman–Crippen LogP) is 13.1. The first kappa shape index (κ1) is 27.2. The van der Waals surface area contributed by atoms with Crippen molar-refractivity contribution in [2.24, 2.45) is 0 Å². The number of fused-ring (bicyclic) bond motifs is 7. The van der Waals surface area contributed by atoms with E-state index in [2.05, 4.69) is 193 Å². The van der Waals surface area contributed by atoms with E-state index in [0.29, 0.717) is 0 Å². The van der Waals surface area contributed by atoms with Crippen molar-refractivity contribution in [1.29, 1.82) is 0 Å². The Hall–Kier alpha value is -6.18. The highest BCUT2D eigenvalue weighted by molar-refractivity contribution is 6.25. The molecule has 0 N–H and O–H groups in total. The van der Waals surface area contributed by atoms with Gasteiger partial charge in [-0.3, -0.25) is 0 Å². The van der Waals surface area contributed by atoms with E-state index in [1.807, 2.05) is 0 Å². The molecule has 0 spiro atoms. The summed E-state index contributed by atoms with van der Waals surface area (Å²) >= 11 is 0. The molecule has 1 nitrogen and oxygen atoms in total. The van der Waals surface area contributed by atoms with Crippen molar-refractivity contribution in [2.75, 3.05) is 4.90 Å². The van der Waals surface area contributed by atoms with Gasteiger partial charge in [0.2, 0.25) is 0 Å². The maximum Gasteiger partial charge on any atom is 0.0468 e. The van der Waals surface area contributed by atoms with Crippen LogP contribution in [0.4, 0.5) is 17.1 Å². The van der Waals surface area contributed by atoms with Crippen LogP contribution in [0.15, 0.2) is 188 Å². The third kappa shape index (κ3) is 4.81. The van der Waals surface area contributed by atoms with Crippen molar-refractivity contribution in [2.45, 2.75) is 0 Å². The van der Waals surface area contributed by atoms with E-state index >= 15 is 0 Å². The summed E-state index contributed by atoms with van der Waals surface area (Å²) in [5.41, 5.74) is 8.21. The second-order valence-corrected chi connectivity index (χ2v) is 12.2. The Kier molecular flexibility index (Phi) is 6.54. The first-order chi connectivity index (χ1) is 23.3. The van der Waals surface area contributed by atoms with Gasteiger partial charge in [-0.25, -0.2) is 0 Å². The van der Waals surface area contributed by atoms with Crippen molar-refractivity contribution in [1.82, 2.24) is 0 Å². The molecule has 0 fully saturated rings. The molecule has 9 rings (SSSR count). The van der Waals surface area contributed by atoms with Gasteiger partial charge in [-0.1, -0.05) is 152 Å². The van der Waals surface area contributed by atoms with E-state index in [4.69, 9.17) is 0 Å². The molecule has 0 unspecified atom stereocenters. The molecule has 0 bridgehead atoms. The van der Waals surface area contributed by atoms with Crippen molar-refractivity contribution < 1.29 is 0 Å². The minimum absolute atomic E-state index is 1.12. The molecule has 0 heterocycles. The SMILES string of the molecule is c1ccc(-c2ccc(-c3cccc(N(c4ccc5ccccc5c4)c4ccc5c6ccccc6c6ccccc6c5c4)c3)cc2)cc1. The maximum absolute atomic E-state index is 2.40. The minimum Gasteiger partial charge on any atom is -0.310 e. The summed E-state index contributed by atoms with van der Waals surface area (Å²) in [6.45, 7) is 0. The van der Waals surface area contributed by atoms with Gasteiger partial charge in [-0.05, 0) is 102 Å². The van der Waals surface area contributed by atoms with E-state index in [0.717, 1.165) is 17.1 Å². The Morgan fingerprint density at radius 3 is 1.40 bits per heavy atom. The fourth-order valence-electron chi connectivity index (χ4n) is 7.11. The molecule has 0 saturated carbocycles. The molecule has 0 amide bonds. The van der Waals surface area contributed by atoms with Crippen LogP contribution < -0.4 is 4.90 Å². The average Bonchev–Trinajstić information content (AvgIpc) is 3.15. The van der Waals surface area contributed by atoms with Gasteiger partial charge in [-0.15, -0.1) is 0 Å². The zero-order chi connectivity index (χ0) is 31.2.